The summed E-state index contributed by atoms with van der Waals surface area (Å²) in [7, 11) is -4.77. The van der Waals surface area contributed by atoms with Gasteiger partial charge in [-0.3, -0.25) is 14.1 Å². The highest BCUT2D eigenvalue weighted by Crippen LogP contribution is 2.35. The lowest BCUT2D eigenvalue weighted by atomic mass is 10.1. The van der Waals surface area contributed by atoms with Crippen LogP contribution in [0.1, 0.15) is 155 Å². The van der Waals surface area contributed by atoms with Gasteiger partial charge in [0.1, 0.15) is 6.61 Å². The Hall–Kier alpha value is -2.51. The lowest BCUT2D eigenvalue weighted by Gasteiger charge is -2.18. The minimum Gasteiger partial charge on any atom is -0.462 e. The Balaban J connectivity index is 4.13. The lowest BCUT2D eigenvalue weighted by molar-refractivity contribution is -0.161. The van der Waals surface area contributed by atoms with Gasteiger partial charge in [-0.25, -0.2) is 4.57 Å². The zero-order valence-electron chi connectivity index (χ0n) is 31.3. The van der Waals surface area contributed by atoms with Gasteiger partial charge in [-0.05, 0) is 77.0 Å². The Morgan fingerprint density at radius 1 is 0.520 bits per heavy atom. The van der Waals surface area contributed by atoms with Gasteiger partial charge in [0.25, 0.3) is 0 Å². The maximum absolute atomic E-state index is 12.3. The number of hydrogen-bond donors (Lipinski definition) is 2. The predicted octanol–water partition coefficient (Wildman–Crippen LogP) is 11.5. The number of carbonyl (C=O) groups excluding carboxylic acids is 2. The maximum atomic E-state index is 12.3. The minimum atomic E-state index is -4.77. The van der Waals surface area contributed by atoms with E-state index in [1.807, 2.05) is 12.2 Å². The van der Waals surface area contributed by atoms with Crippen LogP contribution >= 0.6 is 7.82 Å². The van der Waals surface area contributed by atoms with Gasteiger partial charge in [0.15, 0.2) is 6.10 Å². The van der Waals surface area contributed by atoms with E-state index in [1.165, 1.54) is 57.8 Å². The molecule has 0 aromatic heterocycles. The zero-order chi connectivity index (χ0) is 36.8. The van der Waals surface area contributed by atoms with Crippen LogP contribution in [0.3, 0.4) is 0 Å². The van der Waals surface area contributed by atoms with E-state index in [0.29, 0.717) is 12.8 Å². The molecular weight excluding hydrogens is 651 g/mol. The highest BCUT2D eigenvalue weighted by atomic mass is 31.2. The molecular formula is C41H69O8P. The van der Waals surface area contributed by atoms with Crippen molar-refractivity contribution in [2.24, 2.45) is 0 Å². The number of carbonyl (C=O) groups is 2. The molecule has 0 aliphatic carbocycles. The van der Waals surface area contributed by atoms with E-state index in [4.69, 9.17) is 19.3 Å². The van der Waals surface area contributed by atoms with Gasteiger partial charge in [0.05, 0.1) is 6.61 Å². The Labute approximate surface area is 304 Å². The molecule has 0 heterocycles. The van der Waals surface area contributed by atoms with E-state index >= 15 is 0 Å². The highest BCUT2D eigenvalue weighted by molar-refractivity contribution is 7.46. The number of ether oxygens (including phenoxy) is 2. The molecule has 9 heteroatoms. The maximum Gasteiger partial charge on any atom is 0.469 e. The number of phosphoric ester groups is 1. The first-order valence-electron chi connectivity index (χ1n) is 19.2. The van der Waals surface area contributed by atoms with E-state index in [9.17, 15) is 14.2 Å². The van der Waals surface area contributed by atoms with E-state index < -0.39 is 32.5 Å². The van der Waals surface area contributed by atoms with Crippen molar-refractivity contribution in [2.45, 2.75) is 161 Å². The fourth-order valence-corrected chi connectivity index (χ4v) is 5.18. The summed E-state index contributed by atoms with van der Waals surface area (Å²) < 4.78 is 26.2. The third kappa shape index (κ3) is 38.3. The number of rotatable bonds is 34. The number of esters is 2. The van der Waals surface area contributed by atoms with Crippen LogP contribution in [0.5, 0.6) is 0 Å². The third-order valence-corrected chi connectivity index (χ3v) is 8.20. The van der Waals surface area contributed by atoms with E-state index in [-0.39, 0.29) is 19.4 Å². The van der Waals surface area contributed by atoms with Gasteiger partial charge in [0.2, 0.25) is 0 Å². The van der Waals surface area contributed by atoms with Crippen molar-refractivity contribution >= 4 is 19.8 Å². The second-order valence-electron chi connectivity index (χ2n) is 12.5. The molecule has 0 aliphatic heterocycles. The number of hydrogen-bond acceptors (Lipinski definition) is 6. The largest absolute Gasteiger partial charge is 0.469 e. The first kappa shape index (κ1) is 47.5. The molecule has 0 fully saturated rings. The average Bonchev–Trinajstić information content (AvgIpc) is 3.08. The molecule has 50 heavy (non-hydrogen) atoms. The van der Waals surface area contributed by atoms with Crippen LogP contribution in [0.15, 0.2) is 72.9 Å². The summed E-state index contributed by atoms with van der Waals surface area (Å²) in [6, 6.07) is 0. The van der Waals surface area contributed by atoms with Gasteiger partial charge in [-0.1, -0.05) is 138 Å². The summed E-state index contributed by atoms with van der Waals surface area (Å²) in [6.45, 7) is 3.55. The standard InChI is InChI=1S/C41H69O8P/c1-3-5-7-9-11-13-15-17-18-19-20-21-22-24-26-28-30-32-34-36-41(43)49-39(38-48-50(44,45)46)37-47-40(42)35-33-31-29-27-25-23-16-14-12-10-8-6-4-2/h11,13-14,16-18,20-21,24,26,30,32,39H,3-10,12,15,19,22-23,25,27-29,31,33-38H2,1-2H3,(H2,44,45,46)/b13-11-,16-14-,18-17-,21-20-,26-24-,32-30-/t39-/m1/s1. The molecule has 1 atom stereocenters. The fourth-order valence-electron chi connectivity index (χ4n) is 4.82. The van der Waals surface area contributed by atoms with Crippen molar-refractivity contribution < 1.29 is 37.9 Å². The number of phosphoric acid groups is 1. The highest BCUT2D eigenvalue weighted by Gasteiger charge is 2.22. The summed E-state index contributed by atoms with van der Waals surface area (Å²) >= 11 is 0. The van der Waals surface area contributed by atoms with Crippen LogP contribution in [-0.2, 0) is 28.2 Å². The normalized spacial score (nSPS) is 13.3. The molecule has 0 saturated carbocycles. The van der Waals surface area contributed by atoms with Crippen molar-refractivity contribution in [2.75, 3.05) is 13.2 Å². The zero-order valence-corrected chi connectivity index (χ0v) is 32.2. The van der Waals surface area contributed by atoms with Crippen LogP contribution in [0.2, 0.25) is 0 Å². The van der Waals surface area contributed by atoms with Gasteiger partial charge in [-0.2, -0.15) is 0 Å². The number of allylic oxidation sites excluding steroid dienone is 12. The van der Waals surface area contributed by atoms with Gasteiger partial charge >= 0.3 is 19.8 Å². The van der Waals surface area contributed by atoms with E-state index in [2.05, 4.69) is 79.1 Å². The molecule has 0 aromatic rings. The molecule has 8 nitrogen and oxygen atoms in total. The second kappa shape index (κ2) is 36.3. The summed E-state index contributed by atoms with van der Waals surface area (Å²) in [5, 5.41) is 0. The molecule has 2 N–H and O–H groups in total. The summed E-state index contributed by atoms with van der Waals surface area (Å²) in [5.74, 6) is -0.998. The van der Waals surface area contributed by atoms with Crippen LogP contribution in [-0.4, -0.2) is 41.0 Å². The second-order valence-corrected chi connectivity index (χ2v) is 13.8. The molecule has 0 rings (SSSR count). The molecule has 0 unspecified atom stereocenters. The number of unbranched alkanes of at least 4 members (excludes halogenated alkanes) is 12. The van der Waals surface area contributed by atoms with Gasteiger partial charge < -0.3 is 19.3 Å². The molecule has 0 spiro atoms. The van der Waals surface area contributed by atoms with E-state index in [0.717, 1.165) is 57.8 Å². The Morgan fingerprint density at radius 3 is 1.48 bits per heavy atom. The van der Waals surface area contributed by atoms with E-state index in [1.54, 1.807) is 0 Å². The lowest BCUT2D eigenvalue weighted by Crippen LogP contribution is -2.29. The molecule has 0 aromatic carbocycles. The quantitative estimate of drug-likeness (QED) is 0.0292. The summed E-state index contributed by atoms with van der Waals surface area (Å²) in [5.41, 5.74) is 0. The topological polar surface area (TPSA) is 119 Å². The van der Waals surface area contributed by atoms with Crippen molar-refractivity contribution in [3.05, 3.63) is 72.9 Å². The van der Waals surface area contributed by atoms with Crippen molar-refractivity contribution in [3.8, 4) is 0 Å². The van der Waals surface area contributed by atoms with Crippen molar-refractivity contribution in [1.29, 1.82) is 0 Å². The van der Waals surface area contributed by atoms with Crippen molar-refractivity contribution in [1.82, 2.24) is 0 Å². The van der Waals surface area contributed by atoms with Crippen LogP contribution in [0.4, 0.5) is 0 Å². The van der Waals surface area contributed by atoms with Gasteiger partial charge in [0, 0.05) is 12.8 Å². The van der Waals surface area contributed by atoms with Crippen molar-refractivity contribution in [3.63, 3.8) is 0 Å². The molecule has 0 amide bonds. The SMILES string of the molecule is CCCCC/C=C\C/C=C\C/C=C\C/C=C\C/C=C\CCC(=O)O[C@H](COC(=O)CCCCCCC/C=C\CCCCCC)COP(=O)(O)O. The molecule has 286 valence electrons. The summed E-state index contributed by atoms with van der Waals surface area (Å²) in [6.07, 6.45) is 46.3. The summed E-state index contributed by atoms with van der Waals surface area (Å²) in [4.78, 5) is 42.7. The fraction of sp³-hybridized carbons (Fsp3) is 0.659. The monoisotopic (exact) mass is 720 g/mol. The van der Waals surface area contributed by atoms with Crippen LogP contribution in [0, 0.1) is 0 Å². The van der Waals surface area contributed by atoms with Crippen LogP contribution in [0.25, 0.3) is 0 Å². The Kier molecular flexibility index (Phi) is 34.5. The third-order valence-electron chi connectivity index (χ3n) is 7.71. The molecule has 0 bridgehead atoms. The Morgan fingerprint density at radius 2 is 0.940 bits per heavy atom. The first-order valence-corrected chi connectivity index (χ1v) is 20.8. The van der Waals surface area contributed by atoms with Crippen LogP contribution < -0.4 is 0 Å². The average molecular weight is 721 g/mol. The predicted molar refractivity (Wildman–Crippen MR) is 207 cm³/mol. The Bertz CT molecular complexity index is 1040. The molecule has 0 saturated heterocycles. The molecule has 0 aliphatic rings. The molecule has 0 radical (unpaired) electrons. The smallest absolute Gasteiger partial charge is 0.462 e. The van der Waals surface area contributed by atoms with Gasteiger partial charge in [-0.15, -0.1) is 0 Å². The minimum absolute atomic E-state index is 0.0836. The first-order chi connectivity index (χ1) is 24.3.